The van der Waals surface area contributed by atoms with Crippen LogP contribution in [-0.4, -0.2) is 65.5 Å². The van der Waals surface area contributed by atoms with E-state index >= 15 is 0 Å². The molecule has 0 saturated carbocycles. The number of hydrogen-bond donors (Lipinski definition) is 7. The Morgan fingerprint density at radius 2 is 1.46 bits per heavy atom. The molecule has 0 spiro atoms. The van der Waals surface area contributed by atoms with Crippen LogP contribution in [0.1, 0.15) is 46.1 Å². The van der Waals surface area contributed by atoms with Crippen molar-refractivity contribution >= 4 is 29.7 Å². The van der Waals surface area contributed by atoms with E-state index in [1.54, 1.807) is 58.0 Å². The summed E-state index contributed by atoms with van der Waals surface area (Å²) in [6, 6.07) is 4.81. The predicted octanol–water partition coefficient (Wildman–Crippen LogP) is -0.539. The predicted molar refractivity (Wildman–Crippen MR) is 141 cm³/mol. The normalized spacial score (nSPS) is 14.2. The van der Waals surface area contributed by atoms with Crippen molar-refractivity contribution in [1.29, 1.82) is 0 Å². The summed E-state index contributed by atoms with van der Waals surface area (Å²) in [5, 5.41) is 17.5. The molecule has 0 aliphatic heterocycles. The van der Waals surface area contributed by atoms with Crippen molar-refractivity contribution < 1.29 is 24.3 Å². The number of nitrogens with two attached hydrogens (primary N) is 3. The lowest BCUT2D eigenvalue weighted by Crippen LogP contribution is -2.59. The van der Waals surface area contributed by atoms with Gasteiger partial charge in [0, 0.05) is 13.0 Å². The average molecular weight is 520 g/mol. The van der Waals surface area contributed by atoms with Gasteiger partial charge >= 0.3 is 5.97 Å². The zero-order valence-electron chi connectivity index (χ0n) is 21.9. The topological polar surface area (TPSA) is 215 Å². The molecule has 0 bridgehead atoms. The van der Waals surface area contributed by atoms with Crippen molar-refractivity contribution in [1.82, 2.24) is 16.0 Å². The molecule has 1 aromatic carbocycles. The number of amides is 3. The van der Waals surface area contributed by atoms with E-state index < -0.39 is 47.9 Å². The van der Waals surface area contributed by atoms with Crippen molar-refractivity contribution in [3.63, 3.8) is 0 Å². The molecule has 12 nitrogen and oxygen atoms in total. The van der Waals surface area contributed by atoms with Crippen LogP contribution < -0.4 is 33.2 Å². The lowest BCUT2D eigenvalue weighted by atomic mass is 9.99. The Bertz CT molecular complexity index is 933. The summed E-state index contributed by atoms with van der Waals surface area (Å²) in [5.74, 6) is -3.50. The monoisotopic (exact) mass is 519 g/mol. The molecule has 0 saturated heterocycles. The second kappa shape index (κ2) is 15.4. The van der Waals surface area contributed by atoms with Crippen molar-refractivity contribution in [3.8, 4) is 0 Å². The highest BCUT2D eigenvalue weighted by molar-refractivity contribution is 5.94. The van der Waals surface area contributed by atoms with E-state index in [2.05, 4.69) is 20.9 Å². The summed E-state index contributed by atoms with van der Waals surface area (Å²) in [4.78, 5) is 54.5. The van der Waals surface area contributed by atoms with E-state index in [4.69, 9.17) is 17.2 Å². The Morgan fingerprint density at radius 3 is 1.97 bits per heavy atom. The van der Waals surface area contributed by atoms with Crippen molar-refractivity contribution in [2.24, 2.45) is 34.0 Å². The highest BCUT2D eigenvalue weighted by Gasteiger charge is 2.32. The molecule has 0 aliphatic rings. The third-order valence-electron chi connectivity index (χ3n) is 5.74. The molecular formula is C25H41N7O5. The van der Waals surface area contributed by atoms with E-state index in [1.807, 2.05) is 0 Å². The summed E-state index contributed by atoms with van der Waals surface area (Å²) in [5.41, 5.74) is 17.3. The van der Waals surface area contributed by atoms with Gasteiger partial charge in [0.2, 0.25) is 17.7 Å². The second-order valence-electron chi connectivity index (χ2n) is 9.60. The number of carbonyl (C=O) groups excluding carboxylic acids is 3. The molecule has 0 aromatic heterocycles. The largest absolute Gasteiger partial charge is 0.480 e. The number of nitrogens with zero attached hydrogens (tertiary/aromatic N) is 1. The lowest BCUT2D eigenvalue weighted by Gasteiger charge is -2.27. The van der Waals surface area contributed by atoms with Crippen LogP contribution in [0.5, 0.6) is 0 Å². The van der Waals surface area contributed by atoms with Crippen molar-refractivity contribution in [3.05, 3.63) is 35.9 Å². The Balaban J connectivity index is 3.05. The van der Waals surface area contributed by atoms with E-state index in [0.29, 0.717) is 6.42 Å². The molecule has 4 atom stereocenters. The minimum atomic E-state index is -1.21. The standard InChI is InChI=1S/C25H41N7O5/c1-14(2)19(26)22(34)32-20(15(3)4)23(35)30-17(11-8-12-29-25(27)28)21(33)31-18(24(36)37)13-16-9-6-5-7-10-16/h5-7,9-10,14-15,17-20H,8,11-13,26H2,1-4H3,(H,30,35)(H,31,33)(H,32,34)(H,36,37)(H4,27,28,29). The quantitative estimate of drug-likeness (QED) is 0.0905. The first-order valence-electron chi connectivity index (χ1n) is 12.3. The smallest absolute Gasteiger partial charge is 0.326 e. The third kappa shape index (κ3) is 11.3. The SMILES string of the molecule is CC(C)C(N)C(=O)NC(C(=O)NC(CCCN=C(N)N)C(=O)NC(Cc1ccccc1)C(=O)O)C(C)C. The van der Waals surface area contributed by atoms with Gasteiger partial charge in [-0.1, -0.05) is 58.0 Å². The number of nitrogens with one attached hydrogen (secondary N) is 3. The fraction of sp³-hybridized carbons (Fsp3) is 0.560. The molecule has 0 aliphatic carbocycles. The molecule has 1 aromatic rings. The van der Waals surface area contributed by atoms with Crippen LogP contribution in [0, 0.1) is 11.8 Å². The molecule has 3 amide bonds. The Hall–Kier alpha value is -3.67. The van der Waals surface area contributed by atoms with Gasteiger partial charge in [0.1, 0.15) is 18.1 Å². The van der Waals surface area contributed by atoms with Gasteiger partial charge in [0.15, 0.2) is 5.96 Å². The summed E-state index contributed by atoms with van der Waals surface area (Å²) in [7, 11) is 0. The van der Waals surface area contributed by atoms with Gasteiger partial charge in [-0.2, -0.15) is 0 Å². The van der Waals surface area contributed by atoms with Crippen LogP contribution in [0.15, 0.2) is 35.3 Å². The third-order valence-corrected chi connectivity index (χ3v) is 5.74. The van der Waals surface area contributed by atoms with Crippen LogP contribution in [-0.2, 0) is 25.6 Å². The number of rotatable bonds is 15. The number of hydrogen-bond acceptors (Lipinski definition) is 6. The zero-order valence-corrected chi connectivity index (χ0v) is 21.9. The molecule has 206 valence electrons. The average Bonchev–Trinajstić information content (AvgIpc) is 2.83. The molecule has 37 heavy (non-hydrogen) atoms. The summed E-state index contributed by atoms with van der Waals surface area (Å²) >= 11 is 0. The van der Waals surface area contributed by atoms with Crippen LogP contribution in [0.4, 0.5) is 0 Å². The minimum absolute atomic E-state index is 0.0638. The lowest BCUT2D eigenvalue weighted by molar-refractivity contribution is -0.142. The van der Waals surface area contributed by atoms with E-state index in [9.17, 15) is 24.3 Å². The first-order valence-corrected chi connectivity index (χ1v) is 12.3. The number of carboxylic acid groups (broad SMARTS) is 1. The molecule has 0 fully saturated rings. The second-order valence-corrected chi connectivity index (χ2v) is 9.60. The number of benzene rings is 1. The number of carbonyl (C=O) groups is 4. The summed E-state index contributed by atoms with van der Waals surface area (Å²) in [6.45, 7) is 7.29. The first-order chi connectivity index (χ1) is 17.3. The van der Waals surface area contributed by atoms with E-state index in [1.165, 1.54) is 0 Å². The molecule has 0 heterocycles. The number of aliphatic carboxylic acids is 1. The zero-order chi connectivity index (χ0) is 28.1. The van der Waals surface area contributed by atoms with Gasteiger partial charge in [-0.15, -0.1) is 0 Å². The number of carboxylic acids is 1. The van der Waals surface area contributed by atoms with E-state index in [-0.39, 0.29) is 37.2 Å². The fourth-order valence-electron chi connectivity index (χ4n) is 3.44. The summed E-state index contributed by atoms with van der Waals surface area (Å²) in [6.07, 6.45) is 0.536. The van der Waals surface area contributed by atoms with Crippen molar-refractivity contribution in [2.75, 3.05) is 6.54 Å². The number of aliphatic imine (C=N–C) groups is 1. The highest BCUT2D eigenvalue weighted by Crippen LogP contribution is 2.09. The summed E-state index contributed by atoms with van der Waals surface area (Å²) < 4.78 is 0. The van der Waals surface area contributed by atoms with Gasteiger partial charge in [-0.3, -0.25) is 19.4 Å². The van der Waals surface area contributed by atoms with Crippen molar-refractivity contribution in [2.45, 2.75) is 71.1 Å². The molecule has 12 heteroatoms. The Labute approximate surface area is 217 Å². The molecule has 4 unspecified atom stereocenters. The first kappa shape index (κ1) is 31.4. The molecule has 0 radical (unpaired) electrons. The molecular weight excluding hydrogens is 478 g/mol. The van der Waals surface area contributed by atoms with Gasteiger partial charge in [-0.05, 0) is 30.2 Å². The van der Waals surface area contributed by atoms with Crippen LogP contribution in [0.2, 0.25) is 0 Å². The maximum absolute atomic E-state index is 13.1. The molecule has 10 N–H and O–H groups in total. The Morgan fingerprint density at radius 1 is 0.865 bits per heavy atom. The fourth-order valence-corrected chi connectivity index (χ4v) is 3.44. The van der Waals surface area contributed by atoms with Gasteiger partial charge < -0.3 is 38.3 Å². The molecule has 1 rings (SSSR count). The van der Waals surface area contributed by atoms with E-state index in [0.717, 1.165) is 5.56 Å². The van der Waals surface area contributed by atoms with Gasteiger partial charge in [0.25, 0.3) is 0 Å². The van der Waals surface area contributed by atoms with Gasteiger partial charge in [-0.25, -0.2) is 4.79 Å². The Kier molecular flexibility index (Phi) is 13.1. The van der Waals surface area contributed by atoms with Crippen LogP contribution >= 0.6 is 0 Å². The maximum atomic E-state index is 13.1. The maximum Gasteiger partial charge on any atom is 0.326 e. The van der Waals surface area contributed by atoms with Crippen LogP contribution in [0.25, 0.3) is 0 Å². The van der Waals surface area contributed by atoms with Crippen LogP contribution in [0.3, 0.4) is 0 Å². The minimum Gasteiger partial charge on any atom is -0.480 e. The number of guanidine groups is 1. The van der Waals surface area contributed by atoms with Gasteiger partial charge in [0.05, 0.1) is 6.04 Å². The highest BCUT2D eigenvalue weighted by atomic mass is 16.4.